The number of para-hydroxylation sites is 1. The summed E-state index contributed by atoms with van der Waals surface area (Å²) in [4.78, 5) is 19.2. The lowest BCUT2D eigenvalue weighted by atomic mass is 10.1. The second-order valence-electron chi connectivity index (χ2n) is 7.51. The molecule has 3 rings (SSSR count). The summed E-state index contributed by atoms with van der Waals surface area (Å²) >= 11 is 0. The Balaban J connectivity index is 1.95. The van der Waals surface area contributed by atoms with Gasteiger partial charge in [-0.05, 0) is 50.6 Å². The molecule has 0 radical (unpaired) electrons. The topological polar surface area (TPSA) is 45.2 Å². The van der Waals surface area contributed by atoms with E-state index < -0.39 is 0 Å². The van der Waals surface area contributed by atoms with E-state index in [0.29, 0.717) is 12.1 Å². The van der Waals surface area contributed by atoms with Crippen LogP contribution in [-0.4, -0.2) is 16.4 Å². The Morgan fingerprint density at radius 2 is 1.59 bits per heavy atom. The zero-order valence-electron chi connectivity index (χ0n) is 16.0. The summed E-state index contributed by atoms with van der Waals surface area (Å²) in [6.45, 7) is 6.58. The fourth-order valence-electron chi connectivity index (χ4n) is 2.80. The zero-order valence-corrected chi connectivity index (χ0v) is 16.0. The van der Waals surface area contributed by atoms with Crippen LogP contribution < -0.4 is 10.2 Å². The fourth-order valence-corrected chi connectivity index (χ4v) is 2.80. The molecule has 0 spiro atoms. The summed E-state index contributed by atoms with van der Waals surface area (Å²) in [6.07, 6.45) is 1.69. The summed E-state index contributed by atoms with van der Waals surface area (Å²) in [5, 5.41) is 3.01. The molecule has 0 fully saturated rings. The number of hydrogen-bond donors (Lipinski definition) is 1. The molecule has 1 heterocycles. The normalized spacial score (nSPS) is 11.1. The third-order valence-electron chi connectivity index (χ3n) is 4.02. The molecule has 0 saturated carbocycles. The molecular formula is C23H25N3O. The lowest BCUT2D eigenvalue weighted by molar-refractivity contribution is 0.0919. The predicted molar refractivity (Wildman–Crippen MR) is 110 cm³/mol. The molecule has 27 heavy (non-hydrogen) atoms. The van der Waals surface area contributed by atoms with Gasteiger partial charge in [0.05, 0.1) is 0 Å². The molecule has 0 saturated heterocycles. The fraction of sp³-hybridized carbons (Fsp3) is 0.217. The third-order valence-corrected chi connectivity index (χ3v) is 4.02. The summed E-state index contributed by atoms with van der Waals surface area (Å²) in [6, 6.07) is 23.9. The lowest BCUT2D eigenvalue weighted by Gasteiger charge is -2.25. The zero-order chi connectivity index (χ0) is 19.3. The molecule has 1 N–H and O–H groups in total. The molecular weight excluding hydrogens is 334 g/mol. The van der Waals surface area contributed by atoms with E-state index in [1.165, 1.54) is 5.56 Å². The number of carbonyl (C=O) groups is 1. The highest BCUT2D eigenvalue weighted by Gasteiger charge is 2.18. The van der Waals surface area contributed by atoms with E-state index in [9.17, 15) is 4.79 Å². The molecule has 0 aliphatic carbocycles. The number of pyridine rings is 1. The maximum Gasteiger partial charge on any atom is 0.251 e. The van der Waals surface area contributed by atoms with Crippen molar-refractivity contribution in [3.8, 4) is 0 Å². The van der Waals surface area contributed by atoms with Gasteiger partial charge in [-0.15, -0.1) is 0 Å². The van der Waals surface area contributed by atoms with Crippen LogP contribution in [0.3, 0.4) is 0 Å². The molecule has 2 aromatic carbocycles. The second kappa shape index (κ2) is 8.04. The SMILES string of the molecule is CC(C)(C)NC(=O)c1ccnc(N(Cc2ccccc2)c2ccccc2)c1. The summed E-state index contributed by atoms with van der Waals surface area (Å²) in [5.74, 6) is 0.644. The second-order valence-corrected chi connectivity index (χ2v) is 7.51. The molecule has 0 atom stereocenters. The van der Waals surface area contributed by atoms with Crippen molar-refractivity contribution >= 4 is 17.4 Å². The number of rotatable bonds is 5. The summed E-state index contributed by atoms with van der Waals surface area (Å²) in [5.41, 5.74) is 2.52. The highest BCUT2D eigenvalue weighted by atomic mass is 16.1. The molecule has 0 unspecified atom stereocenters. The molecule has 1 amide bonds. The van der Waals surface area contributed by atoms with Crippen molar-refractivity contribution in [2.24, 2.45) is 0 Å². The highest BCUT2D eigenvalue weighted by molar-refractivity contribution is 5.95. The lowest BCUT2D eigenvalue weighted by Crippen LogP contribution is -2.40. The van der Waals surface area contributed by atoms with Crippen molar-refractivity contribution in [1.82, 2.24) is 10.3 Å². The number of amides is 1. The van der Waals surface area contributed by atoms with Gasteiger partial charge in [-0.2, -0.15) is 0 Å². The Hall–Kier alpha value is -3.14. The van der Waals surface area contributed by atoms with Crippen LogP contribution in [0.15, 0.2) is 79.0 Å². The van der Waals surface area contributed by atoms with Gasteiger partial charge in [-0.25, -0.2) is 4.98 Å². The van der Waals surface area contributed by atoms with Gasteiger partial charge in [0, 0.05) is 29.5 Å². The first-order valence-electron chi connectivity index (χ1n) is 9.07. The third kappa shape index (κ3) is 5.17. The van der Waals surface area contributed by atoms with Gasteiger partial charge < -0.3 is 10.2 Å². The van der Waals surface area contributed by atoms with Gasteiger partial charge in [0.2, 0.25) is 0 Å². The monoisotopic (exact) mass is 359 g/mol. The Labute approximate surface area is 160 Å². The van der Waals surface area contributed by atoms with Crippen LogP contribution in [0.1, 0.15) is 36.7 Å². The van der Waals surface area contributed by atoms with E-state index in [1.807, 2.05) is 75.4 Å². The van der Waals surface area contributed by atoms with Crippen LogP contribution in [0.5, 0.6) is 0 Å². The van der Waals surface area contributed by atoms with Crippen molar-refractivity contribution in [2.45, 2.75) is 32.9 Å². The van der Waals surface area contributed by atoms with E-state index in [2.05, 4.69) is 27.3 Å². The standard InChI is InChI=1S/C23H25N3O/c1-23(2,3)25-22(27)19-14-15-24-21(16-19)26(20-12-8-5-9-13-20)17-18-10-6-4-7-11-18/h4-16H,17H2,1-3H3,(H,25,27). The minimum Gasteiger partial charge on any atom is -0.347 e. The van der Waals surface area contributed by atoms with Crippen molar-refractivity contribution in [2.75, 3.05) is 4.90 Å². The van der Waals surface area contributed by atoms with Gasteiger partial charge >= 0.3 is 0 Å². The van der Waals surface area contributed by atoms with Crippen molar-refractivity contribution in [3.63, 3.8) is 0 Å². The van der Waals surface area contributed by atoms with Gasteiger partial charge in [-0.3, -0.25) is 4.79 Å². The van der Waals surface area contributed by atoms with E-state index in [0.717, 1.165) is 11.5 Å². The maximum absolute atomic E-state index is 12.6. The molecule has 4 nitrogen and oxygen atoms in total. The minimum atomic E-state index is -0.288. The first-order chi connectivity index (χ1) is 12.9. The number of carbonyl (C=O) groups excluding carboxylic acids is 1. The quantitative estimate of drug-likeness (QED) is 0.701. The summed E-state index contributed by atoms with van der Waals surface area (Å²) < 4.78 is 0. The van der Waals surface area contributed by atoms with E-state index in [-0.39, 0.29) is 11.4 Å². The number of aromatic nitrogens is 1. The number of nitrogens with one attached hydrogen (secondary N) is 1. The average Bonchev–Trinajstić information content (AvgIpc) is 2.66. The summed E-state index contributed by atoms with van der Waals surface area (Å²) in [7, 11) is 0. The number of anilines is 2. The van der Waals surface area contributed by atoms with Crippen LogP contribution in [0.2, 0.25) is 0 Å². The van der Waals surface area contributed by atoms with Crippen LogP contribution in [0.4, 0.5) is 11.5 Å². The van der Waals surface area contributed by atoms with Crippen LogP contribution in [0.25, 0.3) is 0 Å². The van der Waals surface area contributed by atoms with Gasteiger partial charge in [-0.1, -0.05) is 48.5 Å². The van der Waals surface area contributed by atoms with Crippen LogP contribution in [-0.2, 0) is 6.54 Å². The van der Waals surface area contributed by atoms with Crippen molar-refractivity contribution in [3.05, 3.63) is 90.1 Å². The molecule has 0 bridgehead atoms. The van der Waals surface area contributed by atoms with Gasteiger partial charge in [0.1, 0.15) is 5.82 Å². The molecule has 3 aromatic rings. The van der Waals surface area contributed by atoms with Crippen LogP contribution in [0, 0.1) is 0 Å². The van der Waals surface area contributed by atoms with Gasteiger partial charge in [0.25, 0.3) is 5.91 Å². The average molecular weight is 359 g/mol. The van der Waals surface area contributed by atoms with Gasteiger partial charge in [0.15, 0.2) is 0 Å². The Bertz CT molecular complexity index is 886. The van der Waals surface area contributed by atoms with E-state index in [1.54, 1.807) is 12.3 Å². The Morgan fingerprint density at radius 3 is 2.22 bits per heavy atom. The maximum atomic E-state index is 12.6. The smallest absolute Gasteiger partial charge is 0.251 e. The molecule has 0 aliphatic heterocycles. The molecule has 138 valence electrons. The van der Waals surface area contributed by atoms with E-state index in [4.69, 9.17) is 0 Å². The first-order valence-corrected chi connectivity index (χ1v) is 9.07. The predicted octanol–water partition coefficient (Wildman–Crippen LogP) is 4.95. The molecule has 4 heteroatoms. The minimum absolute atomic E-state index is 0.0983. The number of hydrogen-bond acceptors (Lipinski definition) is 3. The highest BCUT2D eigenvalue weighted by Crippen LogP contribution is 2.26. The Morgan fingerprint density at radius 1 is 0.963 bits per heavy atom. The Kier molecular flexibility index (Phi) is 5.55. The first kappa shape index (κ1) is 18.6. The number of nitrogens with zero attached hydrogens (tertiary/aromatic N) is 2. The number of benzene rings is 2. The van der Waals surface area contributed by atoms with Crippen LogP contribution >= 0.6 is 0 Å². The van der Waals surface area contributed by atoms with E-state index >= 15 is 0 Å². The van der Waals surface area contributed by atoms with Crippen molar-refractivity contribution in [1.29, 1.82) is 0 Å². The largest absolute Gasteiger partial charge is 0.347 e. The van der Waals surface area contributed by atoms with Crippen molar-refractivity contribution < 1.29 is 4.79 Å². The molecule has 0 aliphatic rings. The molecule has 1 aromatic heterocycles.